The van der Waals surface area contributed by atoms with Gasteiger partial charge in [-0.25, -0.2) is 9.18 Å². The van der Waals surface area contributed by atoms with Crippen LogP contribution in [-0.2, 0) is 19.1 Å². The molecule has 0 radical (unpaired) electrons. The first-order chi connectivity index (χ1) is 20.7. The number of nitrogens with zero attached hydrogens (tertiary/aromatic N) is 1. The highest BCUT2D eigenvalue weighted by molar-refractivity contribution is 6.17. The highest BCUT2D eigenvalue weighted by Crippen LogP contribution is 2.47. The third-order valence-electron chi connectivity index (χ3n) is 6.78. The van der Waals surface area contributed by atoms with Crippen molar-refractivity contribution in [1.29, 1.82) is 0 Å². The Morgan fingerprint density at radius 3 is 2.12 bits per heavy atom. The first-order valence-corrected chi connectivity index (χ1v) is 13.4. The first-order valence-electron chi connectivity index (χ1n) is 13.4. The normalized spacial score (nSPS) is 13.1. The smallest absolute Gasteiger partial charge is 0.344 e. The minimum Gasteiger partial charge on any atom is -0.481 e. The van der Waals surface area contributed by atoms with E-state index in [1.807, 2.05) is 0 Å². The van der Waals surface area contributed by atoms with Gasteiger partial charge in [-0.2, -0.15) is 0 Å². The van der Waals surface area contributed by atoms with Crippen LogP contribution in [0.4, 0.5) is 15.8 Å². The minimum atomic E-state index is -1.20. The van der Waals surface area contributed by atoms with Crippen molar-refractivity contribution in [2.75, 3.05) is 23.8 Å². The number of rotatable bonds is 11. The predicted octanol–water partition coefficient (Wildman–Crippen LogP) is 4.56. The summed E-state index contributed by atoms with van der Waals surface area (Å²) in [6, 6.07) is 16.4. The van der Waals surface area contributed by atoms with Gasteiger partial charge in [-0.1, -0.05) is 0 Å². The summed E-state index contributed by atoms with van der Waals surface area (Å²) in [4.78, 5) is 54.0. The maximum Gasteiger partial charge on any atom is 0.344 e. The van der Waals surface area contributed by atoms with Crippen LogP contribution in [0.1, 0.15) is 30.1 Å². The Bertz CT molecular complexity index is 1700. The average Bonchev–Trinajstić information content (AvgIpc) is 3.81. The quantitative estimate of drug-likeness (QED) is 0.170. The van der Waals surface area contributed by atoms with E-state index in [4.69, 9.17) is 19.9 Å². The zero-order chi connectivity index (χ0) is 30.6. The van der Waals surface area contributed by atoms with Gasteiger partial charge in [0, 0.05) is 29.0 Å². The minimum absolute atomic E-state index is 0.0326. The summed E-state index contributed by atoms with van der Waals surface area (Å²) < 4.78 is 29.5. The molecule has 1 saturated carbocycles. The molecule has 11 nitrogen and oxygen atoms in total. The number of carbonyl (C=O) groups excluding carboxylic acids is 4. The fourth-order valence-electron chi connectivity index (χ4n) is 4.34. The van der Waals surface area contributed by atoms with Crippen LogP contribution < -0.4 is 25.8 Å². The van der Waals surface area contributed by atoms with Gasteiger partial charge in [0.1, 0.15) is 28.5 Å². The van der Waals surface area contributed by atoms with Gasteiger partial charge in [0.2, 0.25) is 11.8 Å². The van der Waals surface area contributed by atoms with E-state index in [1.54, 1.807) is 37.3 Å². The fourth-order valence-corrected chi connectivity index (χ4v) is 4.34. The lowest BCUT2D eigenvalue weighted by Crippen LogP contribution is -2.35. The number of ether oxygens (including phenoxy) is 3. The van der Waals surface area contributed by atoms with Gasteiger partial charge in [-0.05, 0) is 80.4 Å². The molecule has 4 aromatic rings. The summed E-state index contributed by atoms with van der Waals surface area (Å²) in [5, 5.41) is 5.92. The van der Waals surface area contributed by atoms with Crippen molar-refractivity contribution in [1.82, 2.24) is 4.98 Å². The third-order valence-corrected chi connectivity index (χ3v) is 6.78. The number of halogens is 1. The van der Waals surface area contributed by atoms with Crippen LogP contribution in [0.2, 0.25) is 0 Å². The number of hydrogen-bond acceptors (Lipinski definition) is 8. The Morgan fingerprint density at radius 1 is 0.907 bits per heavy atom. The molecule has 0 aliphatic heterocycles. The summed E-state index contributed by atoms with van der Waals surface area (Å²) >= 11 is 0. The SMILES string of the molecule is CCOC(=O)COc1cc2nccc(Oc3ccc(NC(=O)C4(C(=O)Nc5ccc(F)cc5)CC4)cc3)c2cc1C(N)=O. The number of nitrogens with one attached hydrogen (secondary N) is 2. The zero-order valence-electron chi connectivity index (χ0n) is 23.0. The first kappa shape index (κ1) is 29.0. The topological polar surface area (TPSA) is 159 Å². The number of pyridine rings is 1. The lowest BCUT2D eigenvalue weighted by molar-refractivity contribution is -0.145. The van der Waals surface area contributed by atoms with Crippen LogP contribution in [-0.4, -0.2) is 41.9 Å². The number of esters is 1. The maximum atomic E-state index is 13.2. The van der Waals surface area contributed by atoms with E-state index in [0.29, 0.717) is 46.6 Å². The number of carbonyl (C=O) groups is 4. The van der Waals surface area contributed by atoms with Crippen molar-refractivity contribution in [2.24, 2.45) is 11.1 Å². The lowest BCUT2D eigenvalue weighted by Gasteiger charge is -2.16. The Morgan fingerprint density at radius 2 is 1.53 bits per heavy atom. The second kappa shape index (κ2) is 12.1. The molecule has 1 heterocycles. The van der Waals surface area contributed by atoms with Crippen molar-refractivity contribution in [3.8, 4) is 17.2 Å². The molecule has 3 aromatic carbocycles. The van der Waals surface area contributed by atoms with Crippen LogP contribution in [0.5, 0.6) is 17.2 Å². The van der Waals surface area contributed by atoms with Crippen LogP contribution in [0, 0.1) is 11.2 Å². The number of hydrogen-bond donors (Lipinski definition) is 3. The van der Waals surface area contributed by atoms with E-state index >= 15 is 0 Å². The molecule has 1 aliphatic rings. The average molecular weight is 587 g/mol. The van der Waals surface area contributed by atoms with Gasteiger partial charge in [0.25, 0.3) is 5.91 Å². The third kappa shape index (κ3) is 6.53. The van der Waals surface area contributed by atoms with Crippen molar-refractivity contribution < 1.29 is 37.8 Å². The molecule has 1 fully saturated rings. The Labute approximate surface area is 245 Å². The van der Waals surface area contributed by atoms with Crippen LogP contribution in [0.3, 0.4) is 0 Å². The molecule has 0 spiro atoms. The molecule has 0 saturated heterocycles. The molecular formula is C31H27FN4O7. The van der Waals surface area contributed by atoms with E-state index in [1.165, 1.54) is 42.6 Å². The summed E-state index contributed by atoms with van der Waals surface area (Å²) in [6.07, 6.45) is 2.30. The predicted molar refractivity (Wildman–Crippen MR) is 154 cm³/mol. The van der Waals surface area contributed by atoms with Crippen molar-refractivity contribution >= 4 is 46.0 Å². The number of nitrogens with two attached hydrogens (primary N) is 1. The highest BCUT2D eigenvalue weighted by atomic mass is 19.1. The van der Waals surface area contributed by atoms with E-state index in [2.05, 4.69) is 15.6 Å². The second-order valence-corrected chi connectivity index (χ2v) is 9.76. The number of anilines is 2. The van der Waals surface area contributed by atoms with Gasteiger partial charge < -0.3 is 30.6 Å². The standard InChI is InChI=1S/C31H27FN4O7/c1-2-41-27(37)17-42-26-16-24-22(15-23(26)28(33)38)25(11-14-34-24)43-21-9-7-20(8-10-21)36-30(40)31(12-13-31)29(39)35-19-5-3-18(32)4-6-19/h3-11,14-16H,2,12-13,17H2,1H3,(H2,33,38)(H,35,39)(H,36,40). The molecule has 0 bridgehead atoms. The van der Waals surface area contributed by atoms with E-state index < -0.39 is 41.5 Å². The molecule has 1 aliphatic carbocycles. The number of amides is 3. The molecule has 1 aromatic heterocycles. The summed E-state index contributed by atoms with van der Waals surface area (Å²) in [6.45, 7) is 1.45. The molecular weight excluding hydrogens is 559 g/mol. The Hall–Kier alpha value is -5.52. The molecule has 0 atom stereocenters. The maximum absolute atomic E-state index is 13.2. The number of fused-ring (bicyclic) bond motifs is 1. The van der Waals surface area contributed by atoms with Crippen molar-refractivity contribution in [3.63, 3.8) is 0 Å². The number of aromatic nitrogens is 1. The summed E-state index contributed by atoms with van der Waals surface area (Å²) in [5.41, 5.74) is 5.68. The molecule has 0 unspecified atom stereocenters. The molecule has 43 heavy (non-hydrogen) atoms. The number of benzene rings is 3. The summed E-state index contributed by atoms with van der Waals surface area (Å²) in [7, 11) is 0. The lowest BCUT2D eigenvalue weighted by atomic mass is 10.0. The monoisotopic (exact) mass is 586 g/mol. The van der Waals surface area contributed by atoms with E-state index in [0.717, 1.165) is 0 Å². The van der Waals surface area contributed by atoms with E-state index in [9.17, 15) is 23.6 Å². The highest BCUT2D eigenvalue weighted by Gasteiger charge is 2.56. The van der Waals surface area contributed by atoms with Crippen LogP contribution in [0.25, 0.3) is 10.9 Å². The van der Waals surface area contributed by atoms with E-state index in [-0.39, 0.29) is 17.9 Å². The molecule has 220 valence electrons. The van der Waals surface area contributed by atoms with Gasteiger partial charge in [-0.3, -0.25) is 19.4 Å². The van der Waals surface area contributed by atoms with Crippen LogP contribution >= 0.6 is 0 Å². The van der Waals surface area contributed by atoms with Gasteiger partial charge in [-0.15, -0.1) is 0 Å². The van der Waals surface area contributed by atoms with Gasteiger partial charge in [0.15, 0.2) is 6.61 Å². The van der Waals surface area contributed by atoms with Crippen LogP contribution in [0.15, 0.2) is 72.9 Å². The second-order valence-electron chi connectivity index (χ2n) is 9.76. The fraction of sp³-hybridized carbons (Fsp3) is 0.194. The Balaban J connectivity index is 1.27. The Kier molecular flexibility index (Phi) is 8.19. The zero-order valence-corrected chi connectivity index (χ0v) is 23.0. The molecule has 12 heteroatoms. The molecule has 3 amide bonds. The summed E-state index contributed by atoms with van der Waals surface area (Å²) in [5.74, 6) is -1.81. The molecule has 4 N–H and O–H groups in total. The number of primary amides is 1. The largest absolute Gasteiger partial charge is 0.481 e. The van der Waals surface area contributed by atoms with Gasteiger partial charge >= 0.3 is 5.97 Å². The van der Waals surface area contributed by atoms with Gasteiger partial charge in [0.05, 0.1) is 17.7 Å². The molecule has 5 rings (SSSR count). The van der Waals surface area contributed by atoms with Crippen molar-refractivity contribution in [3.05, 3.63) is 84.3 Å². The van der Waals surface area contributed by atoms with Crippen molar-refractivity contribution in [2.45, 2.75) is 19.8 Å².